The molecule has 0 aliphatic heterocycles. The van der Waals surface area contributed by atoms with E-state index in [9.17, 15) is 19.7 Å². The van der Waals surface area contributed by atoms with Crippen LogP contribution < -0.4 is 10.6 Å². The van der Waals surface area contributed by atoms with E-state index in [2.05, 4.69) is 31.4 Å². The maximum atomic E-state index is 12.4. The van der Waals surface area contributed by atoms with Gasteiger partial charge in [0.25, 0.3) is 11.6 Å². The minimum Gasteiger partial charge on any atom is -0.426 e. The molecule has 2 aromatic rings. The van der Waals surface area contributed by atoms with E-state index in [-0.39, 0.29) is 18.6 Å². The fourth-order valence-corrected chi connectivity index (χ4v) is 2.40. The second-order valence-corrected chi connectivity index (χ2v) is 7.47. The van der Waals surface area contributed by atoms with E-state index in [0.29, 0.717) is 11.1 Å². The highest BCUT2D eigenvalue weighted by Gasteiger charge is 2.22. The second kappa shape index (κ2) is 13.1. The summed E-state index contributed by atoms with van der Waals surface area (Å²) in [5, 5.41) is 33.7. The van der Waals surface area contributed by atoms with Gasteiger partial charge in [-0.2, -0.15) is 0 Å². The van der Waals surface area contributed by atoms with Crippen LogP contribution in [0.3, 0.4) is 0 Å². The molecule has 0 aliphatic rings. The van der Waals surface area contributed by atoms with Crippen molar-refractivity contribution in [3.05, 3.63) is 75.8 Å². The molecule has 1 atom stereocenters. The summed E-state index contributed by atoms with van der Waals surface area (Å²) in [7, 11) is -1.70. The Balaban J connectivity index is 0.00000110. The van der Waals surface area contributed by atoms with Gasteiger partial charge in [-0.15, -0.1) is 0 Å². The van der Waals surface area contributed by atoms with Gasteiger partial charge in [0.1, 0.15) is 0 Å². The molecule has 10 heteroatoms. The fraction of sp³-hybridized carbons (Fsp3) is 0.333. The minimum absolute atomic E-state index is 0.169. The average molecular weight is 429 g/mol. The number of carbonyl (C=O) groups excluding carboxylic acids is 2. The van der Waals surface area contributed by atoms with Gasteiger partial charge in [0.05, 0.1) is 23.8 Å². The Hall–Kier alpha value is -3.24. The largest absolute Gasteiger partial charge is 0.472 e. The van der Waals surface area contributed by atoms with Crippen molar-refractivity contribution in [3.63, 3.8) is 0 Å². The van der Waals surface area contributed by atoms with Crippen molar-refractivity contribution in [1.29, 1.82) is 0 Å². The third kappa shape index (κ3) is 10.4. The molecule has 4 N–H and O–H groups in total. The quantitative estimate of drug-likeness (QED) is 0.288. The van der Waals surface area contributed by atoms with Crippen molar-refractivity contribution in [3.8, 4) is 0 Å². The van der Waals surface area contributed by atoms with Crippen LogP contribution in [0.4, 0.5) is 5.69 Å². The molecule has 0 aromatic heterocycles. The molecule has 2 amide bonds. The van der Waals surface area contributed by atoms with Gasteiger partial charge in [0.15, 0.2) is 0 Å². The Morgan fingerprint density at radius 2 is 1.68 bits per heavy atom. The third-order valence-electron chi connectivity index (χ3n) is 3.70. The summed E-state index contributed by atoms with van der Waals surface area (Å²) in [5.41, 5.74) is 0.588. The standard InChI is InChI=1S/C17H18BN3O6.C4H10/c22-16(19-11-18(24)25)10-15(13-7-4-8-14(9-13)21(26)27)20-17(23)12-5-2-1-3-6-12;1-4(2)3/h1-9,15,24-25H,10-11H2,(H,19,22)(H,20,23);4H,1-3H3. The number of nitro groups is 1. The van der Waals surface area contributed by atoms with Gasteiger partial charge in [-0.1, -0.05) is 51.1 Å². The first-order valence-electron chi connectivity index (χ1n) is 9.83. The predicted molar refractivity (Wildman–Crippen MR) is 118 cm³/mol. The molecule has 0 bridgehead atoms. The first kappa shape index (κ1) is 25.8. The number of carbonyl (C=O) groups is 2. The molecular formula is C21H28BN3O6. The first-order valence-corrected chi connectivity index (χ1v) is 9.83. The lowest BCUT2D eigenvalue weighted by Gasteiger charge is -2.19. The number of hydrogen-bond acceptors (Lipinski definition) is 6. The van der Waals surface area contributed by atoms with E-state index in [0.717, 1.165) is 5.92 Å². The highest BCUT2D eigenvalue weighted by atomic mass is 16.6. The van der Waals surface area contributed by atoms with Gasteiger partial charge < -0.3 is 20.7 Å². The predicted octanol–water partition coefficient (Wildman–Crippen LogP) is 2.25. The maximum absolute atomic E-state index is 12.4. The van der Waals surface area contributed by atoms with Crippen molar-refractivity contribution in [1.82, 2.24) is 10.6 Å². The van der Waals surface area contributed by atoms with Crippen LogP contribution in [0.1, 0.15) is 49.2 Å². The zero-order chi connectivity index (χ0) is 23.4. The van der Waals surface area contributed by atoms with Crippen LogP contribution in [0.2, 0.25) is 0 Å². The molecular weight excluding hydrogens is 401 g/mol. The average Bonchev–Trinajstić information content (AvgIpc) is 2.72. The van der Waals surface area contributed by atoms with Crippen LogP contribution in [-0.2, 0) is 4.79 Å². The van der Waals surface area contributed by atoms with Crippen LogP contribution in [-0.4, -0.2) is 40.3 Å². The van der Waals surface area contributed by atoms with Crippen molar-refractivity contribution in [2.45, 2.75) is 33.2 Å². The molecule has 31 heavy (non-hydrogen) atoms. The molecule has 0 aliphatic carbocycles. The van der Waals surface area contributed by atoms with Gasteiger partial charge in [-0.3, -0.25) is 19.7 Å². The van der Waals surface area contributed by atoms with E-state index < -0.39 is 29.9 Å². The SMILES string of the molecule is CC(C)C.O=C(CC(NC(=O)c1ccccc1)c1cccc([N+](=O)[O-])c1)NCB(O)O. The lowest BCUT2D eigenvalue weighted by Crippen LogP contribution is -2.38. The van der Waals surface area contributed by atoms with Gasteiger partial charge in [0.2, 0.25) is 5.91 Å². The Morgan fingerprint density at radius 1 is 1.06 bits per heavy atom. The molecule has 1 unspecified atom stereocenters. The van der Waals surface area contributed by atoms with E-state index in [1.807, 2.05) is 0 Å². The molecule has 0 spiro atoms. The summed E-state index contributed by atoms with van der Waals surface area (Å²) >= 11 is 0. The van der Waals surface area contributed by atoms with Crippen LogP contribution in [0, 0.1) is 16.0 Å². The van der Waals surface area contributed by atoms with Crippen molar-refractivity contribution >= 4 is 24.6 Å². The maximum Gasteiger partial charge on any atom is 0.472 e. The molecule has 2 rings (SSSR count). The molecule has 9 nitrogen and oxygen atoms in total. The number of nitrogens with one attached hydrogen (secondary N) is 2. The number of non-ortho nitro benzene ring substituents is 1. The Morgan fingerprint density at radius 3 is 2.23 bits per heavy atom. The van der Waals surface area contributed by atoms with Crippen LogP contribution in [0.15, 0.2) is 54.6 Å². The topological polar surface area (TPSA) is 142 Å². The van der Waals surface area contributed by atoms with E-state index in [4.69, 9.17) is 10.0 Å². The molecule has 0 fully saturated rings. The molecule has 0 saturated heterocycles. The molecule has 166 valence electrons. The molecule has 0 heterocycles. The number of hydrogen-bond donors (Lipinski definition) is 4. The summed E-state index contributed by atoms with van der Waals surface area (Å²) < 4.78 is 0. The lowest BCUT2D eigenvalue weighted by molar-refractivity contribution is -0.384. The van der Waals surface area contributed by atoms with Crippen molar-refractivity contribution in [2.24, 2.45) is 5.92 Å². The lowest BCUT2D eigenvalue weighted by atomic mass is 9.92. The Labute approximate surface area is 181 Å². The second-order valence-electron chi connectivity index (χ2n) is 7.47. The minimum atomic E-state index is -1.70. The summed E-state index contributed by atoms with van der Waals surface area (Å²) in [6.07, 6.45) is -0.598. The summed E-state index contributed by atoms with van der Waals surface area (Å²) in [5.74, 6) is -0.157. The monoisotopic (exact) mass is 429 g/mol. The number of amides is 2. The number of benzene rings is 2. The van der Waals surface area contributed by atoms with Gasteiger partial charge in [0, 0.05) is 17.7 Å². The smallest absolute Gasteiger partial charge is 0.426 e. The van der Waals surface area contributed by atoms with E-state index in [1.165, 1.54) is 18.2 Å². The Bertz CT molecular complexity index is 858. The molecule has 0 radical (unpaired) electrons. The van der Waals surface area contributed by atoms with Gasteiger partial charge in [-0.05, 0) is 23.6 Å². The molecule has 2 aromatic carbocycles. The van der Waals surface area contributed by atoms with Crippen LogP contribution in [0.25, 0.3) is 0 Å². The first-order chi connectivity index (χ1) is 14.6. The van der Waals surface area contributed by atoms with E-state index >= 15 is 0 Å². The van der Waals surface area contributed by atoms with Crippen LogP contribution >= 0.6 is 0 Å². The normalized spacial score (nSPS) is 11.0. The van der Waals surface area contributed by atoms with Crippen molar-refractivity contribution in [2.75, 3.05) is 6.44 Å². The summed E-state index contributed by atoms with van der Waals surface area (Å²) in [6.45, 7) is 6.50. The van der Waals surface area contributed by atoms with E-state index in [1.54, 1.807) is 36.4 Å². The Kier molecular flexibility index (Phi) is 10.9. The fourth-order valence-electron chi connectivity index (χ4n) is 2.40. The summed E-state index contributed by atoms with van der Waals surface area (Å²) in [4.78, 5) is 34.9. The zero-order valence-electron chi connectivity index (χ0n) is 17.8. The van der Waals surface area contributed by atoms with Crippen LogP contribution in [0.5, 0.6) is 0 Å². The third-order valence-corrected chi connectivity index (χ3v) is 3.70. The molecule has 0 saturated carbocycles. The number of rotatable bonds is 8. The zero-order valence-corrected chi connectivity index (χ0v) is 17.8. The van der Waals surface area contributed by atoms with Gasteiger partial charge >= 0.3 is 7.12 Å². The highest BCUT2D eigenvalue weighted by Crippen LogP contribution is 2.22. The van der Waals surface area contributed by atoms with Crippen molar-refractivity contribution < 1.29 is 24.6 Å². The highest BCUT2D eigenvalue weighted by molar-refractivity contribution is 6.41. The van der Waals surface area contributed by atoms with Gasteiger partial charge in [-0.25, -0.2) is 0 Å². The number of nitrogens with zero attached hydrogens (tertiary/aromatic N) is 1. The summed E-state index contributed by atoms with van der Waals surface area (Å²) in [6, 6.07) is 13.1. The number of nitro benzene ring substituents is 1.